The van der Waals surface area contributed by atoms with Crippen LogP contribution in [-0.4, -0.2) is 34.8 Å². The molecular formula is C10H12O4S. The second kappa shape index (κ2) is 5.50. The fraction of sp³-hybridized carbons (Fsp3) is 0.300. The predicted molar refractivity (Wildman–Crippen MR) is 58.4 cm³/mol. The predicted octanol–water partition coefficient (Wildman–Crippen LogP) is 1.62. The molecule has 0 aliphatic rings. The number of carbonyl (C=O) groups is 1. The molecule has 0 aliphatic carbocycles. The van der Waals surface area contributed by atoms with Gasteiger partial charge in [0.1, 0.15) is 23.7 Å². The second-order valence-electron chi connectivity index (χ2n) is 2.80. The lowest BCUT2D eigenvalue weighted by Gasteiger charge is -2.06. The zero-order valence-corrected chi connectivity index (χ0v) is 9.08. The summed E-state index contributed by atoms with van der Waals surface area (Å²) >= 11 is 1.54. The monoisotopic (exact) mass is 228 g/mol. The highest BCUT2D eigenvalue weighted by molar-refractivity contribution is 7.98. The third kappa shape index (κ3) is 3.06. The van der Waals surface area contributed by atoms with E-state index in [1.54, 1.807) is 11.8 Å². The van der Waals surface area contributed by atoms with E-state index >= 15 is 0 Å². The van der Waals surface area contributed by atoms with Gasteiger partial charge in [-0.05, 0) is 18.4 Å². The van der Waals surface area contributed by atoms with E-state index < -0.39 is 5.97 Å². The summed E-state index contributed by atoms with van der Waals surface area (Å²) in [6, 6.07) is 4.10. The van der Waals surface area contributed by atoms with Crippen LogP contribution in [0.3, 0.4) is 0 Å². The Bertz CT molecular complexity index is 331. The van der Waals surface area contributed by atoms with Gasteiger partial charge in [0.05, 0.1) is 0 Å². The highest BCUT2D eigenvalue weighted by atomic mass is 32.2. The number of phenols is 2. The van der Waals surface area contributed by atoms with E-state index in [0.29, 0.717) is 5.75 Å². The topological polar surface area (TPSA) is 66.8 Å². The van der Waals surface area contributed by atoms with Crippen molar-refractivity contribution in [2.24, 2.45) is 0 Å². The van der Waals surface area contributed by atoms with Crippen LogP contribution in [0.1, 0.15) is 10.4 Å². The van der Waals surface area contributed by atoms with Crippen LogP contribution in [0.2, 0.25) is 0 Å². The van der Waals surface area contributed by atoms with E-state index in [1.165, 1.54) is 18.2 Å². The van der Waals surface area contributed by atoms with E-state index in [9.17, 15) is 15.0 Å². The minimum Gasteiger partial charge on any atom is -0.507 e. The quantitative estimate of drug-likeness (QED) is 0.605. The summed E-state index contributed by atoms with van der Waals surface area (Å²) in [7, 11) is 0. The summed E-state index contributed by atoms with van der Waals surface area (Å²) in [5, 5.41) is 18.7. The fourth-order valence-electron chi connectivity index (χ4n) is 1.03. The summed E-state index contributed by atoms with van der Waals surface area (Å²) in [6.07, 6.45) is 1.89. The first kappa shape index (κ1) is 11.7. The maximum atomic E-state index is 11.4. The Morgan fingerprint density at radius 3 is 2.53 bits per heavy atom. The van der Waals surface area contributed by atoms with Gasteiger partial charge in [-0.15, -0.1) is 0 Å². The van der Waals surface area contributed by atoms with Gasteiger partial charge in [0.25, 0.3) is 0 Å². The number of thioether (sulfide) groups is 1. The van der Waals surface area contributed by atoms with Crippen molar-refractivity contribution in [1.29, 1.82) is 0 Å². The molecule has 5 heteroatoms. The van der Waals surface area contributed by atoms with E-state index in [2.05, 4.69) is 0 Å². The summed E-state index contributed by atoms with van der Waals surface area (Å²) in [4.78, 5) is 11.4. The number of hydrogen-bond acceptors (Lipinski definition) is 5. The van der Waals surface area contributed by atoms with Crippen LogP contribution in [0, 0.1) is 0 Å². The lowest BCUT2D eigenvalue weighted by Crippen LogP contribution is -2.08. The minimum absolute atomic E-state index is 0.182. The van der Waals surface area contributed by atoms with Crippen LogP contribution in [-0.2, 0) is 4.74 Å². The standard InChI is InChI=1S/C10H12O4S/c1-15-6-5-14-10(13)9-7(11)3-2-4-8(9)12/h2-4,11-12H,5-6H2,1H3. The molecule has 0 saturated heterocycles. The number of rotatable bonds is 4. The summed E-state index contributed by atoms with van der Waals surface area (Å²) in [5.74, 6) is -0.576. The first-order valence-electron chi connectivity index (χ1n) is 4.34. The number of esters is 1. The number of phenolic OH excluding ortho intramolecular Hbond substituents is 2. The van der Waals surface area contributed by atoms with Gasteiger partial charge < -0.3 is 14.9 Å². The van der Waals surface area contributed by atoms with Gasteiger partial charge >= 0.3 is 5.97 Å². The zero-order valence-electron chi connectivity index (χ0n) is 8.27. The fourth-order valence-corrected chi connectivity index (χ4v) is 1.28. The smallest absolute Gasteiger partial charge is 0.345 e. The number of hydrogen-bond donors (Lipinski definition) is 2. The Kier molecular flexibility index (Phi) is 4.30. The molecule has 0 atom stereocenters. The van der Waals surface area contributed by atoms with Crippen LogP contribution >= 0.6 is 11.8 Å². The minimum atomic E-state index is -0.709. The van der Waals surface area contributed by atoms with Crippen molar-refractivity contribution in [2.45, 2.75) is 0 Å². The van der Waals surface area contributed by atoms with E-state index in [-0.39, 0.29) is 23.7 Å². The third-order valence-electron chi connectivity index (χ3n) is 1.75. The summed E-state index contributed by atoms with van der Waals surface area (Å²) < 4.78 is 4.85. The molecule has 1 aromatic rings. The maximum Gasteiger partial charge on any atom is 0.345 e. The maximum absolute atomic E-state index is 11.4. The molecule has 0 heterocycles. The molecule has 0 fully saturated rings. The molecule has 0 spiro atoms. The highest BCUT2D eigenvalue weighted by Gasteiger charge is 2.16. The van der Waals surface area contributed by atoms with Crippen molar-refractivity contribution < 1.29 is 19.7 Å². The first-order valence-corrected chi connectivity index (χ1v) is 5.73. The summed E-state index contributed by atoms with van der Waals surface area (Å²) in [5.41, 5.74) is -0.182. The van der Waals surface area contributed by atoms with E-state index in [0.717, 1.165) is 0 Å². The Labute approximate surface area is 91.9 Å². The van der Waals surface area contributed by atoms with Gasteiger partial charge in [0.2, 0.25) is 0 Å². The van der Waals surface area contributed by atoms with Crippen LogP contribution in [0.5, 0.6) is 11.5 Å². The van der Waals surface area contributed by atoms with Crippen molar-refractivity contribution in [3.8, 4) is 11.5 Å². The van der Waals surface area contributed by atoms with Crippen molar-refractivity contribution >= 4 is 17.7 Å². The van der Waals surface area contributed by atoms with Crippen molar-refractivity contribution in [2.75, 3.05) is 18.6 Å². The molecule has 0 aliphatic heterocycles. The number of benzene rings is 1. The van der Waals surface area contributed by atoms with E-state index in [4.69, 9.17) is 4.74 Å². The number of ether oxygens (including phenoxy) is 1. The van der Waals surface area contributed by atoms with Crippen LogP contribution in [0.15, 0.2) is 18.2 Å². The molecule has 0 amide bonds. The van der Waals surface area contributed by atoms with Gasteiger partial charge in [-0.1, -0.05) is 6.07 Å². The first-order chi connectivity index (χ1) is 7.16. The van der Waals surface area contributed by atoms with Crippen LogP contribution in [0.25, 0.3) is 0 Å². The molecule has 1 aromatic carbocycles. The molecule has 0 saturated carbocycles. The molecule has 0 bridgehead atoms. The van der Waals surface area contributed by atoms with Crippen molar-refractivity contribution in [1.82, 2.24) is 0 Å². The molecule has 1 rings (SSSR count). The Morgan fingerprint density at radius 2 is 2.00 bits per heavy atom. The normalized spacial score (nSPS) is 9.93. The van der Waals surface area contributed by atoms with Crippen LogP contribution < -0.4 is 0 Å². The highest BCUT2D eigenvalue weighted by Crippen LogP contribution is 2.26. The molecule has 0 unspecified atom stereocenters. The van der Waals surface area contributed by atoms with Crippen LogP contribution in [0.4, 0.5) is 0 Å². The largest absolute Gasteiger partial charge is 0.507 e. The molecular weight excluding hydrogens is 216 g/mol. The second-order valence-corrected chi connectivity index (χ2v) is 3.79. The SMILES string of the molecule is CSCCOC(=O)c1c(O)cccc1O. The number of aromatic hydroxyl groups is 2. The van der Waals surface area contributed by atoms with Crippen molar-refractivity contribution in [3.63, 3.8) is 0 Å². The lowest BCUT2D eigenvalue weighted by atomic mass is 10.2. The molecule has 15 heavy (non-hydrogen) atoms. The lowest BCUT2D eigenvalue weighted by molar-refractivity contribution is 0.0523. The average Bonchev–Trinajstić information content (AvgIpc) is 2.18. The zero-order chi connectivity index (χ0) is 11.3. The molecule has 82 valence electrons. The van der Waals surface area contributed by atoms with Gasteiger partial charge in [0, 0.05) is 5.75 Å². The Hall–Kier alpha value is -1.36. The van der Waals surface area contributed by atoms with Crippen molar-refractivity contribution in [3.05, 3.63) is 23.8 Å². The van der Waals surface area contributed by atoms with E-state index in [1.807, 2.05) is 6.26 Å². The van der Waals surface area contributed by atoms with Gasteiger partial charge in [-0.2, -0.15) is 11.8 Å². The van der Waals surface area contributed by atoms with Gasteiger partial charge in [-0.25, -0.2) is 4.79 Å². The average molecular weight is 228 g/mol. The summed E-state index contributed by atoms with van der Waals surface area (Å²) in [6.45, 7) is 0.258. The van der Waals surface area contributed by atoms with Gasteiger partial charge in [0.15, 0.2) is 0 Å². The van der Waals surface area contributed by atoms with Gasteiger partial charge in [-0.3, -0.25) is 0 Å². The molecule has 4 nitrogen and oxygen atoms in total. The Morgan fingerprint density at radius 1 is 1.40 bits per heavy atom. The molecule has 0 radical (unpaired) electrons. The third-order valence-corrected chi connectivity index (χ3v) is 2.32. The number of carbonyl (C=O) groups excluding carboxylic acids is 1. The Balaban J connectivity index is 2.73. The molecule has 0 aromatic heterocycles. The molecule has 2 N–H and O–H groups in total.